The topological polar surface area (TPSA) is 70.2 Å². The third-order valence-electron chi connectivity index (χ3n) is 6.60. The Balaban J connectivity index is 1.18. The summed E-state index contributed by atoms with van der Waals surface area (Å²) in [7, 11) is 4.01. The molecule has 0 aliphatic heterocycles. The van der Waals surface area contributed by atoms with Gasteiger partial charge in [-0.1, -0.05) is 42.0 Å². The number of anilines is 2. The summed E-state index contributed by atoms with van der Waals surface area (Å²) >= 11 is 1.62. The summed E-state index contributed by atoms with van der Waals surface area (Å²) in [6.45, 7) is 2.08. The van der Waals surface area contributed by atoms with Gasteiger partial charge in [0, 0.05) is 41.8 Å². The second kappa shape index (κ2) is 10.0. The minimum atomic E-state index is 0.0181. The summed E-state index contributed by atoms with van der Waals surface area (Å²) in [5, 5.41) is 9.79. The third kappa shape index (κ3) is 5.30. The number of fused-ring (bicyclic) bond motifs is 1. The molecule has 1 aliphatic rings. The van der Waals surface area contributed by atoms with Gasteiger partial charge in [-0.05, 0) is 56.4 Å². The van der Waals surface area contributed by atoms with Gasteiger partial charge in [-0.2, -0.15) is 4.98 Å². The largest absolute Gasteiger partial charge is 0.362 e. The van der Waals surface area contributed by atoms with Crippen molar-refractivity contribution < 1.29 is 4.79 Å². The van der Waals surface area contributed by atoms with E-state index < -0.39 is 0 Å². The van der Waals surface area contributed by atoms with Gasteiger partial charge in [-0.15, -0.1) is 11.3 Å². The van der Waals surface area contributed by atoms with Crippen LogP contribution in [0.3, 0.4) is 0 Å². The molecule has 2 aromatic heterocycles. The highest BCUT2D eigenvalue weighted by Crippen LogP contribution is 2.29. The fourth-order valence-electron chi connectivity index (χ4n) is 4.62. The van der Waals surface area contributed by atoms with E-state index in [0.717, 1.165) is 58.4 Å². The maximum absolute atomic E-state index is 12.9. The van der Waals surface area contributed by atoms with Crippen LogP contribution in [0.4, 0.5) is 11.8 Å². The van der Waals surface area contributed by atoms with Gasteiger partial charge < -0.3 is 15.5 Å². The molecule has 6 nitrogen and oxygen atoms in total. The number of rotatable bonds is 6. The monoisotopic (exact) mass is 485 g/mol. The number of para-hydroxylation sites is 1. The van der Waals surface area contributed by atoms with Crippen LogP contribution in [0.15, 0.2) is 60.0 Å². The van der Waals surface area contributed by atoms with E-state index in [-0.39, 0.29) is 11.9 Å². The van der Waals surface area contributed by atoms with Crippen LogP contribution >= 0.6 is 11.3 Å². The summed E-state index contributed by atoms with van der Waals surface area (Å²) in [5.41, 5.74) is 4.07. The summed E-state index contributed by atoms with van der Waals surface area (Å²) in [6, 6.07) is 19.0. The number of nitrogens with one attached hydrogen (secondary N) is 2. The van der Waals surface area contributed by atoms with Crippen molar-refractivity contribution in [2.45, 2.75) is 44.7 Å². The molecule has 7 heteroatoms. The van der Waals surface area contributed by atoms with E-state index in [9.17, 15) is 4.79 Å². The first-order chi connectivity index (χ1) is 17.0. The van der Waals surface area contributed by atoms with E-state index in [1.165, 1.54) is 5.56 Å². The number of carbonyl (C=O) groups excluding carboxylic acids is 1. The van der Waals surface area contributed by atoms with Gasteiger partial charge in [0.2, 0.25) is 5.95 Å². The fourth-order valence-corrected chi connectivity index (χ4v) is 5.52. The van der Waals surface area contributed by atoms with Gasteiger partial charge in [-0.3, -0.25) is 4.79 Å². The molecule has 4 aromatic rings. The molecule has 2 heterocycles. The average molecular weight is 486 g/mol. The Labute approximate surface area is 210 Å². The average Bonchev–Trinajstić information content (AvgIpc) is 3.36. The van der Waals surface area contributed by atoms with Gasteiger partial charge in [0.05, 0.1) is 11.1 Å². The lowest BCUT2D eigenvalue weighted by Gasteiger charge is -2.30. The molecule has 1 saturated carbocycles. The van der Waals surface area contributed by atoms with Crippen molar-refractivity contribution in [1.29, 1.82) is 0 Å². The zero-order valence-electron chi connectivity index (χ0n) is 20.4. The molecular weight excluding hydrogens is 454 g/mol. The van der Waals surface area contributed by atoms with Crippen LogP contribution in [-0.2, 0) is 0 Å². The van der Waals surface area contributed by atoms with Crippen molar-refractivity contribution in [3.63, 3.8) is 0 Å². The first kappa shape index (κ1) is 23.3. The van der Waals surface area contributed by atoms with Crippen LogP contribution in [0.5, 0.6) is 0 Å². The smallest absolute Gasteiger partial charge is 0.252 e. The summed E-state index contributed by atoms with van der Waals surface area (Å²) < 4.78 is 0. The molecule has 5 rings (SSSR count). The Morgan fingerprint density at radius 2 is 1.69 bits per heavy atom. The Hall–Kier alpha value is -3.45. The number of aromatic nitrogens is 2. The van der Waals surface area contributed by atoms with Crippen molar-refractivity contribution >= 4 is 39.9 Å². The predicted octanol–water partition coefficient (Wildman–Crippen LogP) is 5.89. The van der Waals surface area contributed by atoms with Crippen molar-refractivity contribution in [2.75, 3.05) is 24.3 Å². The molecule has 180 valence electrons. The Bertz CT molecular complexity index is 1320. The normalized spacial score (nSPS) is 17.8. The van der Waals surface area contributed by atoms with Gasteiger partial charge >= 0.3 is 0 Å². The molecule has 2 aromatic carbocycles. The van der Waals surface area contributed by atoms with Crippen LogP contribution in [-0.4, -0.2) is 42.1 Å². The predicted molar refractivity (Wildman–Crippen MR) is 145 cm³/mol. The number of thiophene rings is 1. The Morgan fingerprint density at radius 1 is 0.971 bits per heavy atom. The first-order valence-electron chi connectivity index (χ1n) is 12.1. The molecule has 2 N–H and O–H groups in total. The van der Waals surface area contributed by atoms with E-state index in [0.29, 0.717) is 12.0 Å². The lowest BCUT2D eigenvalue weighted by atomic mass is 9.91. The van der Waals surface area contributed by atoms with Crippen molar-refractivity contribution in [3.05, 3.63) is 71.1 Å². The van der Waals surface area contributed by atoms with Gasteiger partial charge in [0.15, 0.2) is 0 Å². The number of benzene rings is 2. The third-order valence-corrected chi connectivity index (χ3v) is 7.58. The number of aryl methyl sites for hydroxylation is 1. The number of nitrogens with zero attached hydrogens (tertiary/aromatic N) is 3. The minimum absolute atomic E-state index is 0.0181. The van der Waals surface area contributed by atoms with Crippen LogP contribution < -0.4 is 15.5 Å². The lowest BCUT2D eigenvalue weighted by Crippen LogP contribution is -2.40. The Kier molecular flexibility index (Phi) is 6.68. The standard InChI is InChI=1S/C28H31N5OS/c1-18-8-10-19(11-9-18)25-16-20(17-35-25)27(34)29-21-12-14-22(15-13-21)30-28-31-24-7-5-4-6-23(24)26(32-28)33(2)3/h4-11,16-17,21-22H,12-15H2,1-3H3,(H,29,34)(H,30,31,32). The second-order valence-corrected chi connectivity index (χ2v) is 10.4. The van der Waals surface area contributed by atoms with E-state index in [4.69, 9.17) is 9.97 Å². The van der Waals surface area contributed by atoms with Crippen LogP contribution in [0.1, 0.15) is 41.6 Å². The molecule has 0 spiro atoms. The zero-order chi connectivity index (χ0) is 24.4. The minimum Gasteiger partial charge on any atom is -0.362 e. The molecule has 1 amide bonds. The molecule has 0 saturated heterocycles. The molecule has 0 radical (unpaired) electrons. The quantitative estimate of drug-likeness (QED) is 0.357. The summed E-state index contributed by atoms with van der Waals surface area (Å²) in [5.74, 6) is 1.60. The highest BCUT2D eigenvalue weighted by molar-refractivity contribution is 7.13. The fraction of sp³-hybridized carbons (Fsp3) is 0.321. The van der Waals surface area contributed by atoms with E-state index in [1.807, 2.05) is 48.6 Å². The number of hydrogen-bond acceptors (Lipinski definition) is 6. The molecule has 0 atom stereocenters. The molecule has 1 aliphatic carbocycles. The number of hydrogen-bond donors (Lipinski definition) is 2. The zero-order valence-corrected chi connectivity index (χ0v) is 21.2. The maximum atomic E-state index is 12.9. The van der Waals surface area contributed by atoms with E-state index in [1.54, 1.807) is 11.3 Å². The maximum Gasteiger partial charge on any atom is 0.252 e. The summed E-state index contributed by atoms with van der Waals surface area (Å²) in [6.07, 6.45) is 3.81. The molecule has 35 heavy (non-hydrogen) atoms. The lowest BCUT2D eigenvalue weighted by molar-refractivity contribution is 0.0927. The highest BCUT2D eigenvalue weighted by Gasteiger charge is 2.24. The SMILES string of the molecule is Cc1ccc(-c2cc(C(=O)NC3CCC(Nc4nc(N(C)C)c5ccccc5n4)CC3)cs2)cc1. The molecule has 1 fully saturated rings. The van der Waals surface area contributed by atoms with Gasteiger partial charge in [0.25, 0.3) is 5.91 Å². The van der Waals surface area contributed by atoms with E-state index >= 15 is 0 Å². The molecule has 0 unspecified atom stereocenters. The van der Waals surface area contributed by atoms with Crippen LogP contribution in [0.25, 0.3) is 21.3 Å². The van der Waals surface area contributed by atoms with Crippen molar-refractivity contribution in [1.82, 2.24) is 15.3 Å². The first-order valence-corrected chi connectivity index (χ1v) is 13.0. The molecule has 0 bridgehead atoms. The number of carbonyl (C=O) groups is 1. The van der Waals surface area contributed by atoms with Crippen LogP contribution in [0, 0.1) is 6.92 Å². The van der Waals surface area contributed by atoms with Crippen molar-refractivity contribution in [2.24, 2.45) is 0 Å². The number of amides is 1. The Morgan fingerprint density at radius 3 is 2.43 bits per heavy atom. The van der Waals surface area contributed by atoms with Crippen LogP contribution in [0.2, 0.25) is 0 Å². The molecular formula is C28H31N5OS. The van der Waals surface area contributed by atoms with Gasteiger partial charge in [0.1, 0.15) is 5.82 Å². The van der Waals surface area contributed by atoms with E-state index in [2.05, 4.69) is 47.9 Å². The highest BCUT2D eigenvalue weighted by atomic mass is 32.1. The second-order valence-electron chi connectivity index (χ2n) is 9.51. The summed E-state index contributed by atoms with van der Waals surface area (Å²) in [4.78, 5) is 25.5. The van der Waals surface area contributed by atoms with Gasteiger partial charge in [-0.25, -0.2) is 4.98 Å². The van der Waals surface area contributed by atoms with Crippen molar-refractivity contribution in [3.8, 4) is 10.4 Å².